The highest BCUT2D eigenvalue weighted by atomic mass is 16.5. The molecule has 1 aromatic heterocycles. The Labute approximate surface area is 154 Å². The molecular weight excluding hydrogens is 330 g/mol. The first kappa shape index (κ1) is 18.5. The molecule has 0 bridgehead atoms. The highest BCUT2D eigenvalue weighted by Crippen LogP contribution is 2.30. The van der Waals surface area contributed by atoms with E-state index in [2.05, 4.69) is 19.9 Å². The molecule has 1 amide bonds. The van der Waals surface area contributed by atoms with Gasteiger partial charge in [-0.1, -0.05) is 0 Å². The first-order chi connectivity index (χ1) is 12.5. The summed E-state index contributed by atoms with van der Waals surface area (Å²) in [6.45, 7) is 7.42. The summed E-state index contributed by atoms with van der Waals surface area (Å²) in [7, 11) is 0. The van der Waals surface area contributed by atoms with Crippen molar-refractivity contribution in [1.29, 1.82) is 0 Å². The van der Waals surface area contributed by atoms with Crippen LogP contribution in [0.5, 0.6) is 0 Å². The fourth-order valence-corrected chi connectivity index (χ4v) is 3.14. The Hall–Kier alpha value is -2.30. The maximum Gasteiger partial charge on any atom is 0.307 e. The molecule has 5 heteroatoms. The first-order valence-corrected chi connectivity index (χ1v) is 9.38. The number of hydrogen-bond donors (Lipinski definition) is 0. The average molecular weight is 357 g/mol. The van der Waals surface area contributed by atoms with E-state index in [4.69, 9.17) is 9.15 Å². The van der Waals surface area contributed by atoms with Gasteiger partial charge >= 0.3 is 5.97 Å². The van der Waals surface area contributed by atoms with E-state index < -0.39 is 0 Å². The van der Waals surface area contributed by atoms with Gasteiger partial charge in [0.2, 0.25) is 5.91 Å². The summed E-state index contributed by atoms with van der Waals surface area (Å²) in [6, 6.07) is 4.10. The molecule has 2 aromatic rings. The Morgan fingerprint density at radius 2 is 1.96 bits per heavy atom. The van der Waals surface area contributed by atoms with Crippen LogP contribution in [0.2, 0.25) is 0 Å². The van der Waals surface area contributed by atoms with Crippen LogP contribution in [0.3, 0.4) is 0 Å². The van der Waals surface area contributed by atoms with E-state index in [0.717, 1.165) is 35.9 Å². The molecule has 0 spiro atoms. The molecule has 5 nitrogen and oxygen atoms in total. The van der Waals surface area contributed by atoms with Gasteiger partial charge in [-0.15, -0.1) is 0 Å². The molecule has 140 valence electrons. The van der Waals surface area contributed by atoms with Crippen LogP contribution in [0.25, 0.3) is 11.0 Å². The second-order valence-electron chi connectivity index (χ2n) is 7.21. The predicted molar refractivity (Wildman–Crippen MR) is 99.9 cm³/mol. The van der Waals surface area contributed by atoms with Crippen LogP contribution in [0.1, 0.15) is 42.9 Å². The largest absolute Gasteiger partial charge is 0.466 e. The summed E-state index contributed by atoms with van der Waals surface area (Å²) in [6.07, 6.45) is 4.55. The zero-order valence-electron chi connectivity index (χ0n) is 15.8. The van der Waals surface area contributed by atoms with E-state index >= 15 is 0 Å². The third-order valence-electron chi connectivity index (χ3n) is 5.03. The Kier molecular flexibility index (Phi) is 5.64. The highest BCUT2D eigenvalue weighted by Gasteiger charge is 2.27. The van der Waals surface area contributed by atoms with Gasteiger partial charge in [0.1, 0.15) is 5.58 Å². The zero-order valence-corrected chi connectivity index (χ0v) is 15.8. The molecule has 1 fully saturated rings. The lowest BCUT2D eigenvalue weighted by atomic mass is 10.0. The van der Waals surface area contributed by atoms with Gasteiger partial charge in [0.25, 0.3) is 0 Å². The molecule has 1 aromatic carbocycles. The molecular formula is C21H27NO4. The lowest BCUT2D eigenvalue weighted by Gasteiger charge is -2.22. The normalized spacial score (nSPS) is 13.8. The first-order valence-electron chi connectivity index (χ1n) is 9.38. The van der Waals surface area contributed by atoms with Gasteiger partial charge in [-0.2, -0.15) is 0 Å². The van der Waals surface area contributed by atoms with Crippen LogP contribution >= 0.6 is 0 Å². The van der Waals surface area contributed by atoms with E-state index in [-0.39, 0.29) is 18.3 Å². The van der Waals surface area contributed by atoms with Crippen LogP contribution in [-0.4, -0.2) is 36.5 Å². The summed E-state index contributed by atoms with van der Waals surface area (Å²) < 4.78 is 10.6. The summed E-state index contributed by atoms with van der Waals surface area (Å²) in [5, 5.41) is 0.998. The maximum atomic E-state index is 12.9. The van der Waals surface area contributed by atoms with Gasteiger partial charge < -0.3 is 14.1 Å². The Bertz CT molecular complexity index is 804. The van der Waals surface area contributed by atoms with E-state index in [1.54, 1.807) is 13.2 Å². The lowest BCUT2D eigenvalue weighted by molar-refractivity contribution is -0.144. The predicted octanol–water partition coefficient (Wildman–Crippen LogP) is 3.78. The standard InChI is InChI=1S/C21H27NO4/c1-4-25-21(24)7-8-22(12-16-5-6-16)20(23)11-17-13-26-19-10-15(3)14(2)9-18(17)19/h9-10,13,16H,4-8,11-12H2,1-3H3. The monoisotopic (exact) mass is 357 g/mol. The van der Waals surface area contributed by atoms with Crippen LogP contribution in [0.15, 0.2) is 22.8 Å². The molecule has 1 heterocycles. The molecule has 3 rings (SSSR count). The lowest BCUT2D eigenvalue weighted by Crippen LogP contribution is -2.36. The second-order valence-corrected chi connectivity index (χ2v) is 7.21. The Morgan fingerprint density at radius 1 is 1.23 bits per heavy atom. The molecule has 1 aliphatic carbocycles. The van der Waals surface area contributed by atoms with Crippen molar-refractivity contribution in [2.75, 3.05) is 19.7 Å². The molecule has 0 unspecified atom stereocenters. The molecule has 0 aliphatic heterocycles. The number of furan rings is 1. The number of hydrogen-bond acceptors (Lipinski definition) is 4. The van der Waals surface area contributed by atoms with E-state index in [9.17, 15) is 9.59 Å². The topological polar surface area (TPSA) is 59.8 Å². The van der Waals surface area contributed by atoms with Gasteiger partial charge in [0.05, 0.1) is 25.7 Å². The quantitative estimate of drug-likeness (QED) is 0.675. The maximum absolute atomic E-state index is 12.9. The molecule has 26 heavy (non-hydrogen) atoms. The number of esters is 1. The fourth-order valence-electron chi connectivity index (χ4n) is 3.14. The van der Waals surface area contributed by atoms with Crippen molar-refractivity contribution in [3.63, 3.8) is 0 Å². The summed E-state index contributed by atoms with van der Waals surface area (Å²) in [4.78, 5) is 26.3. The van der Waals surface area contributed by atoms with Gasteiger partial charge in [-0.25, -0.2) is 0 Å². The van der Waals surface area contributed by atoms with Crippen molar-refractivity contribution in [2.24, 2.45) is 5.92 Å². The number of fused-ring (bicyclic) bond motifs is 1. The van der Waals surface area contributed by atoms with Crippen molar-refractivity contribution in [3.05, 3.63) is 35.1 Å². The number of nitrogens with zero attached hydrogens (tertiary/aromatic N) is 1. The Morgan fingerprint density at radius 3 is 2.65 bits per heavy atom. The van der Waals surface area contributed by atoms with Crippen molar-refractivity contribution in [1.82, 2.24) is 4.90 Å². The smallest absolute Gasteiger partial charge is 0.307 e. The van der Waals surface area contributed by atoms with Crippen molar-refractivity contribution >= 4 is 22.8 Å². The summed E-state index contributed by atoms with van der Waals surface area (Å²) in [5.74, 6) is 0.371. The zero-order chi connectivity index (χ0) is 18.7. The SMILES string of the molecule is CCOC(=O)CCN(CC1CC1)C(=O)Cc1coc2cc(C)c(C)cc12. The number of carbonyl (C=O) groups excluding carboxylic acids is 2. The number of aryl methyl sites for hydroxylation is 2. The minimum Gasteiger partial charge on any atom is -0.466 e. The molecule has 1 saturated carbocycles. The fraction of sp³-hybridized carbons (Fsp3) is 0.524. The average Bonchev–Trinajstić information content (AvgIpc) is 3.35. The minimum absolute atomic E-state index is 0.0436. The van der Waals surface area contributed by atoms with E-state index in [1.807, 2.05) is 11.0 Å². The number of carbonyl (C=O) groups is 2. The van der Waals surface area contributed by atoms with Crippen molar-refractivity contribution in [2.45, 2.75) is 46.5 Å². The minimum atomic E-state index is -0.249. The third kappa shape index (κ3) is 4.45. The third-order valence-corrected chi connectivity index (χ3v) is 5.03. The van der Waals surface area contributed by atoms with Gasteiger partial charge in [-0.3, -0.25) is 9.59 Å². The molecule has 0 radical (unpaired) electrons. The van der Waals surface area contributed by atoms with Gasteiger partial charge in [0.15, 0.2) is 0 Å². The van der Waals surface area contributed by atoms with Crippen LogP contribution < -0.4 is 0 Å². The summed E-state index contributed by atoms with van der Waals surface area (Å²) >= 11 is 0. The van der Waals surface area contributed by atoms with E-state index in [1.165, 1.54) is 11.1 Å². The molecule has 0 saturated heterocycles. The number of rotatable bonds is 8. The number of benzene rings is 1. The van der Waals surface area contributed by atoms with Crippen LogP contribution in [0, 0.1) is 19.8 Å². The highest BCUT2D eigenvalue weighted by molar-refractivity contribution is 5.88. The van der Waals surface area contributed by atoms with Gasteiger partial charge in [0, 0.05) is 24.0 Å². The second kappa shape index (κ2) is 7.94. The number of ether oxygens (including phenoxy) is 1. The molecule has 0 atom stereocenters. The van der Waals surface area contributed by atoms with Crippen molar-refractivity contribution in [3.8, 4) is 0 Å². The summed E-state index contributed by atoms with van der Waals surface area (Å²) in [5.41, 5.74) is 4.08. The molecule has 1 aliphatic rings. The van der Waals surface area contributed by atoms with E-state index in [0.29, 0.717) is 25.5 Å². The van der Waals surface area contributed by atoms with Crippen LogP contribution in [-0.2, 0) is 20.7 Å². The Balaban J connectivity index is 1.70. The molecule has 0 N–H and O–H groups in total. The van der Waals surface area contributed by atoms with Crippen molar-refractivity contribution < 1.29 is 18.7 Å². The van der Waals surface area contributed by atoms with Crippen LogP contribution in [0.4, 0.5) is 0 Å². The van der Waals surface area contributed by atoms with Gasteiger partial charge in [-0.05, 0) is 62.8 Å². The number of amides is 1.